The summed E-state index contributed by atoms with van der Waals surface area (Å²) in [6.45, 7) is 2.51. The molecule has 0 radical (unpaired) electrons. The van der Waals surface area contributed by atoms with Crippen LogP contribution in [-0.2, 0) is 0 Å². The first kappa shape index (κ1) is 11.4. The summed E-state index contributed by atoms with van der Waals surface area (Å²) in [7, 11) is 2.33. The van der Waals surface area contributed by atoms with E-state index < -0.39 is 0 Å². The molecule has 2 rings (SSSR count). The van der Waals surface area contributed by atoms with Crippen LogP contribution in [0, 0.1) is 0 Å². The molecule has 0 bridgehead atoms. The molecule has 1 N–H and O–H groups in total. The van der Waals surface area contributed by atoms with Gasteiger partial charge in [-0.1, -0.05) is 25.7 Å². The number of nitrogens with zero attached hydrogens (tertiary/aromatic N) is 1. The maximum atomic E-state index is 3.60. The van der Waals surface area contributed by atoms with Crippen molar-refractivity contribution in [2.75, 3.05) is 20.1 Å². The monoisotopic (exact) mass is 210 g/mol. The van der Waals surface area contributed by atoms with Gasteiger partial charge in [0.1, 0.15) is 0 Å². The molecule has 88 valence electrons. The normalized spacial score (nSPS) is 29.6. The summed E-state index contributed by atoms with van der Waals surface area (Å²) in [5.41, 5.74) is 0. The summed E-state index contributed by atoms with van der Waals surface area (Å²) in [5.74, 6) is 0. The van der Waals surface area contributed by atoms with Crippen LogP contribution in [0.25, 0.3) is 0 Å². The predicted octanol–water partition coefficient (Wildman–Crippen LogP) is 2.39. The van der Waals surface area contributed by atoms with Gasteiger partial charge in [0.15, 0.2) is 0 Å². The first-order valence-corrected chi connectivity index (χ1v) is 6.80. The van der Waals surface area contributed by atoms with Crippen LogP contribution in [0.2, 0.25) is 0 Å². The second kappa shape index (κ2) is 5.86. The Morgan fingerprint density at radius 3 is 2.33 bits per heavy atom. The fraction of sp³-hybridized carbons (Fsp3) is 1.00. The van der Waals surface area contributed by atoms with Gasteiger partial charge < -0.3 is 10.2 Å². The van der Waals surface area contributed by atoms with Gasteiger partial charge in [-0.15, -0.1) is 0 Å². The molecule has 2 aliphatic rings. The second-order valence-corrected chi connectivity index (χ2v) is 5.38. The van der Waals surface area contributed by atoms with E-state index >= 15 is 0 Å². The highest BCUT2D eigenvalue weighted by Gasteiger charge is 2.21. The molecule has 1 saturated heterocycles. The van der Waals surface area contributed by atoms with Gasteiger partial charge in [0, 0.05) is 18.6 Å². The fourth-order valence-corrected chi connectivity index (χ4v) is 3.11. The van der Waals surface area contributed by atoms with Crippen LogP contribution in [0.1, 0.15) is 51.4 Å². The maximum absolute atomic E-state index is 3.60. The highest BCUT2D eigenvalue weighted by atomic mass is 15.2. The van der Waals surface area contributed by atoms with Crippen molar-refractivity contribution in [2.45, 2.75) is 63.5 Å². The highest BCUT2D eigenvalue weighted by molar-refractivity contribution is 4.80. The molecule has 0 aromatic rings. The van der Waals surface area contributed by atoms with Crippen molar-refractivity contribution in [1.82, 2.24) is 10.2 Å². The quantitative estimate of drug-likeness (QED) is 0.720. The van der Waals surface area contributed by atoms with Crippen LogP contribution in [0.4, 0.5) is 0 Å². The minimum absolute atomic E-state index is 0.776. The Kier molecular flexibility index (Phi) is 4.45. The molecule has 1 aliphatic heterocycles. The zero-order valence-electron chi connectivity index (χ0n) is 10.2. The molecule has 2 fully saturated rings. The number of likely N-dealkylation sites (N-methyl/N-ethyl adjacent to an activating group) is 1. The lowest BCUT2D eigenvalue weighted by atomic mass is 10.1. The standard InChI is InChI=1S/C13H26N2/c1-15(11-12-7-6-10-14-12)13-8-4-2-3-5-9-13/h12-14H,2-11H2,1H3/t12-/m1/s1. The van der Waals surface area contributed by atoms with Crippen molar-refractivity contribution in [3.63, 3.8) is 0 Å². The molecule has 2 nitrogen and oxygen atoms in total. The lowest BCUT2D eigenvalue weighted by Crippen LogP contribution is -2.40. The molecule has 1 heterocycles. The summed E-state index contributed by atoms with van der Waals surface area (Å²) in [5, 5.41) is 3.60. The van der Waals surface area contributed by atoms with E-state index in [9.17, 15) is 0 Å². The summed E-state index contributed by atoms with van der Waals surface area (Å²) >= 11 is 0. The lowest BCUT2D eigenvalue weighted by molar-refractivity contribution is 0.203. The van der Waals surface area contributed by atoms with Gasteiger partial charge in [0.2, 0.25) is 0 Å². The predicted molar refractivity (Wildman–Crippen MR) is 65.1 cm³/mol. The van der Waals surface area contributed by atoms with Crippen LogP contribution in [0.15, 0.2) is 0 Å². The van der Waals surface area contributed by atoms with Gasteiger partial charge in [0.05, 0.1) is 0 Å². The summed E-state index contributed by atoms with van der Waals surface area (Å²) in [6.07, 6.45) is 11.5. The SMILES string of the molecule is CN(C[C@H]1CCCN1)C1CCCCCC1. The van der Waals surface area contributed by atoms with Crippen LogP contribution in [0.5, 0.6) is 0 Å². The zero-order chi connectivity index (χ0) is 10.5. The lowest BCUT2D eigenvalue weighted by Gasteiger charge is -2.29. The molecule has 0 spiro atoms. The van der Waals surface area contributed by atoms with Crippen LogP contribution < -0.4 is 5.32 Å². The van der Waals surface area contributed by atoms with Crippen molar-refractivity contribution in [2.24, 2.45) is 0 Å². The minimum Gasteiger partial charge on any atom is -0.313 e. The summed E-state index contributed by atoms with van der Waals surface area (Å²) < 4.78 is 0. The van der Waals surface area contributed by atoms with E-state index in [1.165, 1.54) is 64.5 Å². The van der Waals surface area contributed by atoms with Gasteiger partial charge in [-0.2, -0.15) is 0 Å². The van der Waals surface area contributed by atoms with E-state index in [0.717, 1.165) is 12.1 Å². The van der Waals surface area contributed by atoms with Gasteiger partial charge in [-0.3, -0.25) is 0 Å². The molecular formula is C13H26N2. The van der Waals surface area contributed by atoms with E-state index in [0.29, 0.717) is 0 Å². The molecule has 15 heavy (non-hydrogen) atoms. The Bertz CT molecular complexity index is 167. The van der Waals surface area contributed by atoms with Gasteiger partial charge in [-0.05, 0) is 39.3 Å². The molecular weight excluding hydrogens is 184 g/mol. The third-order valence-electron chi connectivity index (χ3n) is 4.12. The number of hydrogen-bond acceptors (Lipinski definition) is 2. The smallest absolute Gasteiger partial charge is 0.0195 e. The van der Waals surface area contributed by atoms with Gasteiger partial charge >= 0.3 is 0 Å². The van der Waals surface area contributed by atoms with Crippen LogP contribution >= 0.6 is 0 Å². The molecule has 0 amide bonds. The van der Waals surface area contributed by atoms with Crippen molar-refractivity contribution >= 4 is 0 Å². The average molecular weight is 210 g/mol. The van der Waals surface area contributed by atoms with E-state index in [1.807, 2.05) is 0 Å². The Morgan fingerprint density at radius 2 is 1.73 bits per heavy atom. The molecule has 0 aromatic carbocycles. The zero-order valence-corrected chi connectivity index (χ0v) is 10.2. The maximum Gasteiger partial charge on any atom is 0.0195 e. The van der Waals surface area contributed by atoms with E-state index in [2.05, 4.69) is 17.3 Å². The first-order chi connectivity index (χ1) is 7.36. The Morgan fingerprint density at radius 1 is 1.00 bits per heavy atom. The van der Waals surface area contributed by atoms with Crippen molar-refractivity contribution in [1.29, 1.82) is 0 Å². The average Bonchev–Trinajstić information content (AvgIpc) is 2.58. The Hall–Kier alpha value is -0.0800. The van der Waals surface area contributed by atoms with E-state index in [4.69, 9.17) is 0 Å². The Labute approximate surface area is 94.4 Å². The Balaban J connectivity index is 1.74. The molecule has 0 unspecified atom stereocenters. The molecule has 0 aromatic heterocycles. The second-order valence-electron chi connectivity index (χ2n) is 5.38. The van der Waals surface area contributed by atoms with Gasteiger partial charge in [0.25, 0.3) is 0 Å². The largest absolute Gasteiger partial charge is 0.313 e. The molecule has 2 heteroatoms. The van der Waals surface area contributed by atoms with Crippen LogP contribution in [0.3, 0.4) is 0 Å². The molecule has 1 atom stereocenters. The number of hydrogen-bond donors (Lipinski definition) is 1. The van der Waals surface area contributed by atoms with Gasteiger partial charge in [-0.25, -0.2) is 0 Å². The summed E-state index contributed by atoms with van der Waals surface area (Å²) in [6, 6.07) is 1.65. The highest BCUT2D eigenvalue weighted by Crippen LogP contribution is 2.21. The van der Waals surface area contributed by atoms with Crippen molar-refractivity contribution in [3.8, 4) is 0 Å². The third-order valence-corrected chi connectivity index (χ3v) is 4.12. The van der Waals surface area contributed by atoms with Crippen molar-refractivity contribution < 1.29 is 0 Å². The number of nitrogens with one attached hydrogen (secondary N) is 1. The fourth-order valence-electron chi connectivity index (χ4n) is 3.11. The van der Waals surface area contributed by atoms with Crippen molar-refractivity contribution in [3.05, 3.63) is 0 Å². The molecule has 1 aliphatic carbocycles. The van der Waals surface area contributed by atoms with E-state index in [1.54, 1.807) is 0 Å². The number of rotatable bonds is 3. The first-order valence-electron chi connectivity index (χ1n) is 6.80. The van der Waals surface area contributed by atoms with E-state index in [-0.39, 0.29) is 0 Å². The third kappa shape index (κ3) is 3.46. The summed E-state index contributed by atoms with van der Waals surface area (Å²) in [4.78, 5) is 2.62. The van der Waals surface area contributed by atoms with Crippen LogP contribution in [-0.4, -0.2) is 37.1 Å². The topological polar surface area (TPSA) is 15.3 Å². The molecule has 1 saturated carbocycles. The minimum atomic E-state index is 0.776.